The van der Waals surface area contributed by atoms with Crippen molar-refractivity contribution in [2.75, 3.05) is 6.61 Å². The molecule has 0 aliphatic carbocycles. The molecule has 0 aromatic heterocycles. The van der Waals surface area contributed by atoms with Crippen LogP contribution in [-0.4, -0.2) is 16.8 Å². The van der Waals surface area contributed by atoms with Gasteiger partial charge in [0.05, 0.1) is 6.10 Å². The molecule has 0 saturated carbocycles. The lowest BCUT2D eigenvalue weighted by Crippen LogP contribution is -2.16. The lowest BCUT2D eigenvalue weighted by molar-refractivity contribution is 0.159. The lowest BCUT2D eigenvalue weighted by Gasteiger charge is -2.26. The zero-order chi connectivity index (χ0) is 14.5. The van der Waals surface area contributed by atoms with E-state index in [-0.39, 0.29) is 12.0 Å². The minimum absolute atomic E-state index is 0.0507. The molecule has 0 aliphatic heterocycles. The van der Waals surface area contributed by atoms with Gasteiger partial charge in [0.15, 0.2) is 0 Å². The van der Waals surface area contributed by atoms with Gasteiger partial charge in [0, 0.05) is 6.61 Å². The summed E-state index contributed by atoms with van der Waals surface area (Å²) in [5, 5.41) is 19.2. The molecule has 0 aliphatic rings. The highest BCUT2D eigenvalue weighted by Crippen LogP contribution is 2.32. The third-order valence-corrected chi connectivity index (χ3v) is 3.51. The summed E-state index contributed by atoms with van der Waals surface area (Å²) in [6.07, 6.45) is 3.13. The van der Waals surface area contributed by atoms with Crippen LogP contribution < -0.4 is 0 Å². The Balaban J connectivity index is 2.82. The van der Waals surface area contributed by atoms with Gasteiger partial charge in [0.2, 0.25) is 0 Å². The fourth-order valence-electron chi connectivity index (χ4n) is 2.42. The highest BCUT2D eigenvalue weighted by atomic mass is 16.3. The Kier molecular flexibility index (Phi) is 6.02. The Labute approximate surface area is 117 Å². The van der Waals surface area contributed by atoms with Gasteiger partial charge in [-0.1, -0.05) is 57.4 Å². The maximum Gasteiger partial charge on any atom is 0.0793 e. The van der Waals surface area contributed by atoms with Crippen molar-refractivity contribution >= 4 is 0 Å². The molecule has 1 aromatic rings. The molecule has 0 fully saturated rings. The van der Waals surface area contributed by atoms with E-state index in [2.05, 4.69) is 45.9 Å². The highest BCUT2D eigenvalue weighted by molar-refractivity contribution is 5.37. The fraction of sp³-hybridized carbons (Fsp3) is 0.647. The third kappa shape index (κ3) is 4.96. The van der Waals surface area contributed by atoms with Crippen LogP contribution in [0.15, 0.2) is 18.2 Å². The Hall–Kier alpha value is -0.860. The van der Waals surface area contributed by atoms with Crippen LogP contribution >= 0.6 is 0 Å². The van der Waals surface area contributed by atoms with E-state index in [0.717, 1.165) is 31.2 Å². The molecule has 1 atom stereocenters. The van der Waals surface area contributed by atoms with Gasteiger partial charge in [0.1, 0.15) is 0 Å². The first-order valence-corrected chi connectivity index (χ1v) is 7.26. The average Bonchev–Trinajstić information content (AvgIpc) is 2.32. The monoisotopic (exact) mass is 264 g/mol. The minimum atomic E-state index is -0.396. The van der Waals surface area contributed by atoms with E-state index in [9.17, 15) is 5.11 Å². The number of benzene rings is 1. The minimum Gasteiger partial charge on any atom is -0.396 e. The Morgan fingerprint density at radius 3 is 2.37 bits per heavy atom. The number of hydrogen-bond acceptors (Lipinski definition) is 2. The number of hydrogen-bond donors (Lipinski definition) is 2. The molecule has 0 amide bonds. The van der Waals surface area contributed by atoms with Crippen molar-refractivity contribution in [3.8, 4) is 0 Å². The lowest BCUT2D eigenvalue weighted by atomic mass is 9.81. The number of rotatable bonds is 6. The SMILES string of the molecule is Cc1ccc(C(C)(C)C)c(C(O)CCCCCO)c1. The van der Waals surface area contributed by atoms with Crippen LogP contribution in [0.5, 0.6) is 0 Å². The molecule has 1 aromatic carbocycles. The van der Waals surface area contributed by atoms with E-state index in [1.807, 2.05) is 0 Å². The molecule has 2 heteroatoms. The van der Waals surface area contributed by atoms with Gasteiger partial charge >= 0.3 is 0 Å². The van der Waals surface area contributed by atoms with Gasteiger partial charge < -0.3 is 10.2 Å². The molecule has 0 bridgehead atoms. The summed E-state index contributed by atoms with van der Waals surface area (Å²) < 4.78 is 0. The van der Waals surface area contributed by atoms with Gasteiger partial charge in [0.25, 0.3) is 0 Å². The summed E-state index contributed by atoms with van der Waals surface area (Å²) in [5.41, 5.74) is 3.54. The van der Waals surface area contributed by atoms with Crippen molar-refractivity contribution < 1.29 is 10.2 Å². The quantitative estimate of drug-likeness (QED) is 0.766. The predicted molar refractivity (Wildman–Crippen MR) is 80.4 cm³/mol. The van der Waals surface area contributed by atoms with E-state index in [0.29, 0.717) is 0 Å². The van der Waals surface area contributed by atoms with E-state index < -0.39 is 6.10 Å². The number of aliphatic hydroxyl groups is 2. The molecule has 19 heavy (non-hydrogen) atoms. The molecular weight excluding hydrogens is 236 g/mol. The summed E-state index contributed by atoms with van der Waals surface area (Å²) in [7, 11) is 0. The standard InChI is InChI=1S/C17H28O2/c1-13-9-10-15(17(2,3)4)14(12-13)16(19)8-6-5-7-11-18/h9-10,12,16,18-19H,5-8,11H2,1-4H3. The van der Waals surface area contributed by atoms with Crippen molar-refractivity contribution in [2.24, 2.45) is 0 Å². The summed E-state index contributed by atoms with van der Waals surface area (Å²) in [4.78, 5) is 0. The Morgan fingerprint density at radius 2 is 1.79 bits per heavy atom. The second-order valence-electron chi connectivity index (χ2n) is 6.43. The van der Waals surface area contributed by atoms with Crippen LogP contribution in [-0.2, 0) is 5.41 Å². The van der Waals surface area contributed by atoms with Crippen LogP contribution in [0.25, 0.3) is 0 Å². The van der Waals surface area contributed by atoms with Crippen LogP contribution in [0, 0.1) is 6.92 Å². The summed E-state index contributed by atoms with van der Waals surface area (Å²) in [5.74, 6) is 0. The summed E-state index contributed by atoms with van der Waals surface area (Å²) in [6.45, 7) is 8.85. The van der Waals surface area contributed by atoms with Crippen LogP contribution in [0.2, 0.25) is 0 Å². The van der Waals surface area contributed by atoms with E-state index in [1.165, 1.54) is 11.1 Å². The second-order valence-corrected chi connectivity index (χ2v) is 6.43. The molecule has 2 nitrogen and oxygen atoms in total. The molecule has 0 spiro atoms. The normalized spacial score (nSPS) is 13.6. The van der Waals surface area contributed by atoms with Gasteiger partial charge in [-0.05, 0) is 36.3 Å². The van der Waals surface area contributed by atoms with E-state index in [4.69, 9.17) is 5.11 Å². The fourth-order valence-corrected chi connectivity index (χ4v) is 2.42. The summed E-state index contributed by atoms with van der Waals surface area (Å²) in [6, 6.07) is 6.36. The molecule has 2 N–H and O–H groups in total. The molecule has 0 saturated heterocycles. The van der Waals surface area contributed by atoms with Crippen molar-refractivity contribution in [3.05, 3.63) is 34.9 Å². The molecule has 0 heterocycles. The van der Waals surface area contributed by atoms with Crippen molar-refractivity contribution in [2.45, 2.75) is 64.9 Å². The zero-order valence-corrected chi connectivity index (χ0v) is 12.7. The van der Waals surface area contributed by atoms with Crippen molar-refractivity contribution in [3.63, 3.8) is 0 Å². The molecule has 1 unspecified atom stereocenters. The second kappa shape index (κ2) is 7.06. The molecule has 108 valence electrons. The molecule has 1 rings (SSSR count). The van der Waals surface area contributed by atoms with Crippen LogP contribution in [0.3, 0.4) is 0 Å². The predicted octanol–water partition coefficient (Wildman–Crippen LogP) is 3.88. The summed E-state index contributed by atoms with van der Waals surface area (Å²) >= 11 is 0. The van der Waals surface area contributed by atoms with Crippen molar-refractivity contribution in [1.82, 2.24) is 0 Å². The van der Waals surface area contributed by atoms with E-state index in [1.54, 1.807) is 0 Å². The van der Waals surface area contributed by atoms with E-state index >= 15 is 0 Å². The zero-order valence-electron chi connectivity index (χ0n) is 12.7. The van der Waals surface area contributed by atoms with Crippen LogP contribution in [0.4, 0.5) is 0 Å². The van der Waals surface area contributed by atoms with Crippen molar-refractivity contribution in [1.29, 1.82) is 0 Å². The molecular formula is C17H28O2. The first-order chi connectivity index (χ1) is 8.86. The first-order valence-electron chi connectivity index (χ1n) is 7.26. The maximum atomic E-state index is 10.4. The number of unbranched alkanes of at least 4 members (excludes halogenated alkanes) is 2. The van der Waals surface area contributed by atoms with Gasteiger partial charge in [-0.3, -0.25) is 0 Å². The number of aliphatic hydroxyl groups excluding tert-OH is 2. The highest BCUT2D eigenvalue weighted by Gasteiger charge is 2.21. The van der Waals surface area contributed by atoms with Gasteiger partial charge in [-0.25, -0.2) is 0 Å². The molecule has 0 radical (unpaired) electrons. The maximum absolute atomic E-state index is 10.4. The van der Waals surface area contributed by atoms with Gasteiger partial charge in [-0.15, -0.1) is 0 Å². The third-order valence-electron chi connectivity index (χ3n) is 3.51. The first kappa shape index (κ1) is 16.2. The number of aryl methyl sites for hydroxylation is 1. The smallest absolute Gasteiger partial charge is 0.0793 e. The topological polar surface area (TPSA) is 40.5 Å². The van der Waals surface area contributed by atoms with Crippen LogP contribution in [0.1, 0.15) is 69.2 Å². The largest absolute Gasteiger partial charge is 0.396 e. The Bertz CT molecular complexity index is 391. The Morgan fingerprint density at radius 1 is 1.11 bits per heavy atom. The van der Waals surface area contributed by atoms with Gasteiger partial charge in [-0.2, -0.15) is 0 Å². The average molecular weight is 264 g/mol.